The number of ether oxygens (including phenoxy) is 1. The predicted octanol–water partition coefficient (Wildman–Crippen LogP) is 5.93. The topological polar surface area (TPSA) is 79.1 Å². The Hall–Kier alpha value is -3.63. The third-order valence-electron chi connectivity index (χ3n) is 8.67. The first-order valence-electron chi connectivity index (χ1n) is 14.7. The number of aryl methyl sites for hydroxylation is 1. The summed E-state index contributed by atoms with van der Waals surface area (Å²) in [6.45, 7) is 15.0. The van der Waals surface area contributed by atoms with Crippen LogP contribution in [0.5, 0.6) is 6.01 Å². The molecule has 2 aromatic carbocycles. The number of benzene rings is 2. The van der Waals surface area contributed by atoms with Gasteiger partial charge in [0.05, 0.1) is 16.1 Å². The van der Waals surface area contributed by atoms with Crippen molar-refractivity contribution in [3.63, 3.8) is 0 Å². The quantitative estimate of drug-likeness (QED) is 0.177. The minimum absolute atomic E-state index is 0. The van der Waals surface area contributed by atoms with Crippen molar-refractivity contribution in [2.24, 2.45) is 0 Å². The van der Waals surface area contributed by atoms with E-state index in [9.17, 15) is 9.18 Å². The zero-order chi connectivity index (χ0) is 31.0. The maximum atomic E-state index is 13.8. The molecule has 4 aromatic rings. The summed E-state index contributed by atoms with van der Waals surface area (Å²) >= 11 is 7.16. The van der Waals surface area contributed by atoms with E-state index in [1.165, 1.54) is 4.90 Å². The molecule has 6 rings (SSSR count). The average Bonchev–Trinajstić information content (AvgIpc) is 3.44. The number of carbonyl (C=O) groups is 1. The molecule has 2 saturated heterocycles. The Morgan fingerprint density at radius 2 is 1.91 bits per heavy atom. The molecule has 0 radical (unpaired) electrons. The van der Waals surface area contributed by atoms with E-state index in [1.54, 1.807) is 6.20 Å². The number of pyridine rings is 1. The highest BCUT2D eigenvalue weighted by Gasteiger charge is 2.35. The van der Waals surface area contributed by atoms with Crippen molar-refractivity contribution in [2.75, 3.05) is 51.3 Å². The van der Waals surface area contributed by atoms with E-state index in [0.29, 0.717) is 40.6 Å². The lowest BCUT2D eigenvalue weighted by atomic mass is 9.97. The summed E-state index contributed by atoms with van der Waals surface area (Å²) < 4.78 is 20.0. The minimum atomic E-state index is -1.04. The number of likely N-dealkylation sites (tertiary alicyclic amines) is 1. The number of carbonyl (C=O) groups excluding carboxylic acids is 1. The van der Waals surface area contributed by atoms with Gasteiger partial charge in [0.25, 0.3) is 5.91 Å². The Labute approximate surface area is 287 Å². The van der Waals surface area contributed by atoms with Crippen molar-refractivity contribution >= 4 is 72.0 Å². The Morgan fingerprint density at radius 1 is 1.15 bits per heavy atom. The highest BCUT2D eigenvalue weighted by molar-refractivity contribution is 7.59. The summed E-state index contributed by atoms with van der Waals surface area (Å²) in [4.78, 5) is 36.1. The fourth-order valence-electron chi connectivity index (χ4n) is 6.33. The van der Waals surface area contributed by atoms with Gasteiger partial charge < -0.3 is 24.3 Å². The van der Waals surface area contributed by atoms with Gasteiger partial charge in [0.2, 0.25) is 6.54 Å². The number of hydrogen-bond acceptors (Lipinski definition) is 7. The van der Waals surface area contributed by atoms with E-state index in [-0.39, 0.29) is 58.7 Å². The molecule has 0 bridgehead atoms. The van der Waals surface area contributed by atoms with Gasteiger partial charge in [-0.1, -0.05) is 54.6 Å². The first kappa shape index (κ1) is 35.2. The monoisotopic (exact) mass is 681 g/mol. The molecule has 0 spiro atoms. The van der Waals surface area contributed by atoms with E-state index in [4.69, 9.17) is 37.9 Å². The smallest absolute Gasteiger partial charge is 0.319 e. The molecular weight excluding hydrogens is 645 g/mol. The summed E-state index contributed by atoms with van der Waals surface area (Å²) in [5.41, 5.74) is 3.11. The van der Waals surface area contributed by atoms with E-state index >= 15 is 0 Å². The number of aromatic nitrogens is 3. The van der Waals surface area contributed by atoms with Crippen LogP contribution in [0.25, 0.3) is 37.8 Å². The van der Waals surface area contributed by atoms with E-state index in [2.05, 4.69) is 48.5 Å². The van der Waals surface area contributed by atoms with Crippen LogP contribution in [0.15, 0.2) is 55.0 Å². The second-order valence-electron chi connectivity index (χ2n) is 11.4. The number of halogens is 2. The third kappa shape index (κ3) is 6.74. The first-order valence-corrected chi connectivity index (χ1v) is 15.1. The molecule has 2 fully saturated rings. The SMILES string of the molecule is S.S.[C-]#[N+]C[C@H]1CN(c2nc(OC[C@@H]3CCCN3C)nc3c(Cl)c(-c4cccc5cccc(C)c45)ncc23)CCN1C(=O)C(=C)F. The van der Waals surface area contributed by atoms with Gasteiger partial charge in [0.15, 0.2) is 5.83 Å². The summed E-state index contributed by atoms with van der Waals surface area (Å²) in [5.74, 6) is -1.29. The van der Waals surface area contributed by atoms with Crippen LogP contribution in [0.3, 0.4) is 0 Å². The van der Waals surface area contributed by atoms with E-state index in [0.717, 1.165) is 41.3 Å². The summed E-state index contributed by atoms with van der Waals surface area (Å²) in [7, 11) is 2.08. The molecular formula is C33H37ClFN7O2S2. The molecule has 2 aliphatic rings. The Morgan fingerprint density at radius 3 is 2.61 bits per heavy atom. The molecule has 2 aromatic heterocycles. The lowest BCUT2D eigenvalue weighted by molar-refractivity contribution is -0.131. The normalized spacial score (nSPS) is 18.2. The van der Waals surface area contributed by atoms with Gasteiger partial charge >= 0.3 is 6.01 Å². The summed E-state index contributed by atoms with van der Waals surface area (Å²) in [5, 5.41) is 3.15. The average molecular weight is 682 g/mol. The number of piperazine rings is 1. The van der Waals surface area contributed by atoms with Crippen molar-refractivity contribution in [3.8, 4) is 17.3 Å². The van der Waals surface area contributed by atoms with Gasteiger partial charge in [-0.25, -0.2) is 11.0 Å². The fourth-order valence-corrected chi connectivity index (χ4v) is 6.63. The summed E-state index contributed by atoms with van der Waals surface area (Å²) in [6.07, 6.45) is 3.86. The van der Waals surface area contributed by atoms with Gasteiger partial charge in [0.1, 0.15) is 24.0 Å². The molecule has 9 nitrogen and oxygen atoms in total. The molecule has 0 saturated carbocycles. The Kier molecular flexibility index (Phi) is 11.4. The van der Waals surface area contributed by atoms with Crippen LogP contribution in [-0.2, 0) is 4.79 Å². The standard InChI is InChI=1S/C33H33ClFN7O2.2H2S/c1-20-8-5-9-22-10-6-12-25(27(20)22)29-28(34)30-26(17-37-29)31(39-33(38-30)44-19-23-11-7-13-40(23)4)41-14-15-42(32(43)21(2)35)24(18-41)16-36-3;;/h5-6,8-10,12,17,23-24H,2,7,11,13-16,18-19H2,1,4H3;2*1H2/t23-,24-;;/m0../s1. The Balaban J connectivity index is 0.00000240. The van der Waals surface area contributed by atoms with E-state index < -0.39 is 17.8 Å². The van der Waals surface area contributed by atoms with Gasteiger partial charge in [-0.3, -0.25) is 9.78 Å². The van der Waals surface area contributed by atoms with Crippen LogP contribution < -0.4 is 9.64 Å². The fraction of sp³-hybridized carbons (Fsp3) is 0.364. The molecule has 46 heavy (non-hydrogen) atoms. The Bertz CT molecular complexity index is 1820. The van der Waals surface area contributed by atoms with Crippen molar-refractivity contribution in [1.29, 1.82) is 0 Å². The first-order chi connectivity index (χ1) is 21.3. The van der Waals surface area contributed by atoms with E-state index in [1.807, 2.05) is 23.1 Å². The molecule has 242 valence electrons. The van der Waals surface area contributed by atoms with Crippen LogP contribution >= 0.6 is 38.6 Å². The van der Waals surface area contributed by atoms with Crippen molar-refractivity contribution in [3.05, 3.63) is 77.0 Å². The van der Waals surface area contributed by atoms with Crippen LogP contribution in [-0.4, -0.2) is 89.1 Å². The van der Waals surface area contributed by atoms with Gasteiger partial charge in [-0.15, -0.1) is 0 Å². The lowest BCUT2D eigenvalue weighted by Crippen LogP contribution is -2.56. The predicted molar refractivity (Wildman–Crippen MR) is 191 cm³/mol. The molecule has 4 heterocycles. The lowest BCUT2D eigenvalue weighted by Gasteiger charge is -2.39. The number of likely N-dealkylation sites (N-methyl/N-ethyl adjacent to an activating group) is 1. The maximum Gasteiger partial charge on any atom is 0.319 e. The molecule has 2 aliphatic heterocycles. The molecule has 0 unspecified atom stereocenters. The van der Waals surface area contributed by atoms with Crippen molar-refractivity contribution in [1.82, 2.24) is 24.8 Å². The second-order valence-corrected chi connectivity index (χ2v) is 11.8. The number of hydrogen-bond donors (Lipinski definition) is 0. The molecule has 2 atom stereocenters. The molecule has 13 heteroatoms. The maximum absolute atomic E-state index is 13.8. The number of rotatable bonds is 7. The van der Waals surface area contributed by atoms with Gasteiger partial charge in [0, 0.05) is 37.4 Å². The molecule has 1 amide bonds. The minimum Gasteiger partial charge on any atom is -0.462 e. The van der Waals surface area contributed by atoms with Crippen molar-refractivity contribution < 1.29 is 13.9 Å². The molecule has 0 N–H and O–H groups in total. The number of amides is 1. The van der Waals surface area contributed by atoms with Crippen LogP contribution in [0, 0.1) is 13.5 Å². The van der Waals surface area contributed by atoms with Crippen LogP contribution in [0.1, 0.15) is 18.4 Å². The molecule has 0 aliphatic carbocycles. The highest BCUT2D eigenvalue weighted by atomic mass is 35.5. The van der Waals surface area contributed by atoms with Gasteiger partial charge in [-0.05, 0) is 49.7 Å². The van der Waals surface area contributed by atoms with Crippen LogP contribution in [0.2, 0.25) is 5.02 Å². The van der Waals surface area contributed by atoms with Gasteiger partial charge in [-0.2, -0.15) is 37.0 Å². The van der Waals surface area contributed by atoms with Crippen LogP contribution in [0.4, 0.5) is 10.2 Å². The second kappa shape index (κ2) is 14.9. The van der Waals surface area contributed by atoms with Crippen molar-refractivity contribution in [2.45, 2.75) is 31.8 Å². The zero-order valence-corrected chi connectivity index (χ0v) is 28.5. The summed E-state index contributed by atoms with van der Waals surface area (Å²) in [6, 6.07) is 12.1. The largest absolute Gasteiger partial charge is 0.462 e. The highest BCUT2D eigenvalue weighted by Crippen LogP contribution is 2.39. The number of fused-ring (bicyclic) bond motifs is 2. The third-order valence-corrected chi connectivity index (χ3v) is 9.02. The number of anilines is 1. The zero-order valence-electron chi connectivity index (χ0n) is 25.8. The number of nitrogens with zero attached hydrogens (tertiary/aromatic N) is 7.